The number of halogens is 2. The molecule has 1 aliphatic rings. The van der Waals surface area contributed by atoms with E-state index in [4.69, 9.17) is 16.3 Å². The third kappa shape index (κ3) is 4.92. The Bertz CT molecular complexity index is 1290. The molecule has 3 aromatic rings. The van der Waals surface area contributed by atoms with Gasteiger partial charge in [0.15, 0.2) is 0 Å². The van der Waals surface area contributed by atoms with Crippen LogP contribution in [-0.2, 0) is 16.2 Å². The molecule has 1 heterocycles. The molecular formula is C24H16BrClN2O5. The molecular weight excluding hydrogens is 512 g/mol. The van der Waals surface area contributed by atoms with E-state index < -0.39 is 17.8 Å². The quantitative estimate of drug-likeness (QED) is 0.357. The van der Waals surface area contributed by atoms with E-state index in [0.29, 0.717) is 22.9 Å². The number of anilines is 1. The summed E-state index contributed by atoms with van der Waals surface area (Å²) in [5, 5.41) is 11.9. The van der Waals surface area contributed by atoms with Gasteiger partial charge in [-0.1, -0.05) is 51.8 Å². The first kappa shape index (κ1) is 22.6. The van der Waals surface area contributed by atoms with Gasteiger partial charge in [0.1, 0.15) is 23.7 Å². The molecule has 2 N–H and O–H groups in total. The molecule has 1 saturated heterocycles. The van der Waals surface area contributed by atoms with Gasteiger partial charge in [0, 0.05) is 10.0 Å². The number of hydrogen-bond donors (Lipinski definition) is 2. The van der Waals surface area contributed by atoms with Crippen molar-refractivity contribution in [3.05, 3.63) is 92.9 Å². The molecule has 166 valence electrons. The summed E-state index contributed by atoms with van der Waals surface area (Å²) in [5.74, 6) is -1.19. The molecule has 0 bridgehead atoms. The summed E-state index contributed by atoms with van der Waals surface area (Å²) in [4.78, 5) is 38.3. The van der Waals surface area contributed by atoms with Crippen LogP contribution in [0.2, 0.25) is 5.02 Å². The van der Waals surface area contributed by atoms with Gasteiger partial charge >= 0.3 is 6.03 Å². The molecule has 33 heavy (non-hydrogen) atoms. The number of aromatic hydroxyl groups is 1. The van der Waals surface area contributed by atoms with Crippen LogP contribution in [0.15, 0.2) is 76.8 Å². The number of hydrogen-bond acceptors (Lipinski definition) is 5. The first-order valence-corrected chi connectivity index (χ1v) is 10.9. The van der Waals surface area contributed by atoms with Crippen LogP contribution in [0.5, 0.6) is 11.5 Å². The number of amides is 4. The summed E-state index contributed by atoms with van der Waals surface area (Å²) in [5.41, 5.74) is 1.40. The summed E-state index contributed by atoms with van der Waals surface area (Å²) >= 11 is 9.81. The highest BCUT2D eigenvalue weighted by molar-refractivity contribution is 9.10. The lowest BCUT2D eigenvalue weighted by molar-refractivity contribution is -0.122. The minimum atomic E-state index is -0.873. The van der Waals surface area contributed by atoms with Gasteiger partial charge in [-0.25, -0.2) is 9.69 Å². The van der Waals surface area contributed by atoms with Gasteiger partial charge in [-0.15, -0.1) is 0 Å². The second-order valence-electron chi connectivity index (χ2n) is 7.04. The molecule has 0 aliphatic carbocycles. The number of ether oxygens (including phenoxy) is 1. The first-order valence-electron chi connectivity index (χ1n) is 9.70. The van der Waals surface area contributed by atoms with Gasteiger partial charge in [-0.3, -0.25) is 14.9 Å². The van der Waals surface area contributed by atoms with Crippen molar-refractivity contribution in [3.63, 3.8) is 0 Å². The predicted octanol–water partition coefficient (Wildman–Crippen LogP) is 5.05. The zero-order valence-corrected chi connectivity index (χ0v) is 19.3. The maximum absolute atomic E-state index is 12.9. The molecule has 1 fully saturated rings. The Hall–Kier alpha value is -3.62. The third-order valence-corrected chi connectivity index (χ3v) is 5.89. The van der Waals surface area contributed by atoms with Gasteiger partial charge < -0.3 is 9.84 Å². The van der Waals surface area contributed by atoms with E-state index in [9.17, 15) is 19.5 Å². The number of phenolic OH excluding ortho intramolecular Hbond substituents is 1. The van der Waals surface area contributed by atoms with Crippen LogP contribution in [0.25, 0.3) is 6.08 Å². The van der Waals surface area contributed by atoms with Crippen LogP contribution in [0.1, 0.15) is 11.1 Å². The number of benzene rings is 3. The minimum Gasteiger partial charge on any atom is -0.508 e. The molecule has 7 nitrogen and oxygen atoms in total. The summed E-state index contributed by atoms with van der Waals surface area (Å²) in [6, 6.07) is 17.1. The van der Waals surface area contributed by atoms with E-state index in [1.54, 1.807) is 18.2 Å². The van der Waals surface area contributed by atoms with Crippen molar-refractivity contribution < 1.29 is 24.2 Å². The Labute approximate surface area is 202 Å². The lowest BCUT2D eigenvalue weighted by Gasteiger charge is -2.26. The SMILES string of the molecule is O=C1NC(=O)N(c2ccc(O)cc2)C(=O)/C1=C/c1ccc(OCc2ccccc2Br)c(Cl)c1. The molecule has 9 heteroatoms. The molecule has 0 unspecified atom stereocenters. The highest BCUT2D eigenvalue weighted by atomic mass is 79.9. The van der Waals surface area contributed by atoms with Gasteiger partial charge in [0.05, 0.1) is 10.7 Å². The minimum absolute atomic E-state index is 0.0213. The summed E-state index contributed by atoms with van der Waals surface area (Å²) in [6.45, 7) is 0.298. The van der Waals surface area contributed by atoms with Gasteiger partial charge in [-0.2, -0.15) is 0 Å². The zero-order chi connectivity index (χ0) is 23.5. The van der Waals surface area contributed by atoms with Crippen molar-refractivity contribution >= 4 is 57.1 Å². The van der Waals surface area contributed by atoms with Crippen molar-refractivity contribution in [2.24, 2.45) is 0 Å². The smallest absolute Gasteiger partial charge is 0.335 e. The lowest BCUT2D eigenvalue weighted by Crippen LogP contribution is -2.54. The Kier molecular flexibility index (Phi) is 6.48. The number of phenols is 1. The fourth-order valence-corrected chi connectivity index (χ4v) is 3.80. The number of carbonyl (C=O) groups is 3. The van der Waals surface area contributed by atoms with E-state index >= 15 is 0 Å². The number of nitrogens with one attached hydrogen (secondary N) is 1. The van der Waals surface area contributed by atoms with Gasteiger partial charge in [0.25, 0.3) is 11.8 Å². The molecule has 0 atom stereocenters. The largest absolute Gasteiger partial charge is 0.508 e. The standard InChI is InChI=1S/C24H16BrClN2O5/c25-19-4-2-1-3-15(19)13-33-21-10-5-14(12-20(21)26)11-18-22(30)27-24(32)28(23(18)31)16-6-8-17(29)9-7-16/h1-12,29H,13H2,(H,27,30,32)/b18-11+. The molecule has 4 rings (SSSR count). The molecule has 3 aromatic carbocycles. The highest BCUT2D eigenvalue weighted by Gasteiger charge is 2.36. The van der Waals surface area contributed by atoms with Crippen molar-refractivity contribution in [1.29, 1.82) is 0 Å². The van der Waals surface area contributed by atoms with E-state index in [0.717, 1.165) is 14.9 Å². The van der Waals surface area contributed by atoms with E-state index in [-0.39, 0.29) is 17.0 Å². The van der Waals surface area contributed by atoms with Gasteiger partial charge in [-0.05, 0) is 54.1 Å². The average molecular weight is 528 g/mol. The zero-order valence-electron chi connectivity index (χ0n) is 16.9. The number of nitrogens with zero attached hydrogens (tertiary/aromatic N) is 1. The summed E-state index contributed by atoms with van der Waals surface area (Å²) in [7, 11) is 0. The molecule has 0 spiro atoms. The first-order chi connectivity index (χ1) is 15.8. The molecule has 0 aromatic heterocycles. The van der Waals surface area contributed by atoms with Crippen molar-refractivity contribution in [2.45, 2.75) is 6.61 Å². The number of carbonyl (C=O) groups excluding carboxylic acids is 3. The molecule has 0 radical (unpaired) electrons. The van der Waals surface area contributed by atoms with Crippen LogP contribution in [0.3, 0.4) is 0 Å². The van der Waals surface area contributed by atoms with Crippen LogP contribution in [0.4, 0.5) is 10.5 Å². The van der Waals surface area contributed by atoms with Crippen molar-refractivity contribution in [1.82, 2.24) is 5.32 Å². The number of imide groups is 2. The third-order valence-electron chi connectivity index (χ3n) is 4.82. The number of barbiturate groups is 1. The Morgan fingerprint density at radius 2 is 1.76 bits per heavy atom. The Morgan fingerprint density at radius 3 is 2.45 bits per heavy atom. The van der Waals surface area contributed by atoms with E-state index in [1.807, 2.05) is 24.3 Å². The van der Waals surface area contributed by atoms with E-state index in [2.05, 4.69) is 21.2 Å². The lowest BCUT2D eigenvalue weighted by atomic mass is 10.1. The van der Waals surface area contributed by atoms with Crippen LogP contribution in [0, 0.1) is 0 Å². The highest BCUT2D eigenvalue weighted by Crippen LogP contribution is 2.29. The maximum Gasteiger partial charge on any atom is 0.335 e. The van der Waals surface area contributed by atoms with Gasteiger partial charge in [0.2, 0.25) is 0 Å². The number of rotatable bonds is 5. The van der Waals surface area contributed by atoms with Crippen LogP contribution >= 0.6 is 27.5 Å². The van der Waals surface area contributed by atoms with Crippen LogP contribution in [-0.4, -0.2) is 23.0 Å². The van der Waals surface area contributed by atoms with Crippen molar-refractivity contribution in [2.75, 3.05) is 4.90 Å². The second kappa shape index (κ2) is 9.48. The normalized spacial score (nSPS) is 15.0. The fraction of sp³-hybridized carbons (Fsp3) is 0.0417. The Balaban J connectivity index is 1.57. The van der Waals surface area contributed by atoms with Crippen molar-refractivity contribution in [3.8, 4) is 11.5 Å². The number of urea groups is 1. The molecule has 1 aliphatic heterocycles. The second-order valence-corrected chi connectivity index (χ2v) is 8.31. The van der Waals surface area contributed by atoms with Crippen LogP contribution < -0.4 is 15.0 Å². The molecule has 4 amide bonds. The Morgan fingerprint density at radius 1 is 1.03 bits per heavy atom. The summed E-state index contributed by atoms with van der Waals surface area (Å²) in [6.07, 6.45) is 1.35. The average Bonchev–Trinajstić information content (AvgIpc) is 2.78. The fourth-order valence-electron chi connectivity index (χ4n) is 3.16. The maximum atomic E-state index is 12.9. The summed E-state index contributed by atoms with van der Waals surface area (Å²) < 4.78 is 6.70. The van der Waals surface area contributed by atoms with E-state index in [1.165, 1.54) is 30.3 Å². The topological polar surface area (TPSA) is 95.9 Å². The monoisotopic (exact) mass is 526 g/mol. The molecule has 0 saturated carbocycles. The predicted molar refractivity (Wildman–Crippen MR) is 127 cm³/mol.